The van der Waals surface area contributed by atoms with Gasteiger partial charge in [0.25, 0.3) is 6.01 Å². The quantitative estimate of drug-likeness (QED) is 0.532. The lowest BCUT2D eigenvalue weighted by atomic mass is 9.99. The number of nitrogens with one attached hydrogen (secondary N) is 1. The fourth-order valence-corrected chi connectivity index (χ4v) is 2.96. The van der Waals surface area contributed by atoms with E-state index in [1.807, 2.05) is 32.1 Å². The molecule has 0 bridgehead atoms. The zero-order valence-corrected chi connectivity index (χ0v) is 16.3. The summed E-state index contributed by atoms with van der Waals surface area (Å²) >= 11 is 1.67. The standard InChI is InChI=1S/C20H25FN2OS/c1-13(2)9-17(19-14(3)10-18(21)24-19)15-7-8-22-16(11-15)12-23-25-20(4,5)6/h7-11,23H,1,12H2,2-6H3/b17-9-. The maximum Gasteiger partial charge on any atom is 0.278 e. The Balaban J connectivity index is 2.31. The summed E-state index contributed by atoms with van der Waals surface area (Å²) in [5, 5.41) is 0. The van der Waals surface area contributed by atoms with Crippen LogP contribution >= 0.6 is 11.9 Å². The van der Waals surface area contributed by atoms with E-state index in [0.717, 1.165) is 28.0 Å². The molecule has 0 fully saturated rings. The van der Waals surface area contributed by atoms with Gasteiger partial charge in [-0.3, -0.25) is 9.71 Å². The SMILES string of the molecule is C=C(C)/C=C(/c1ccnc(CNSC(C)(C)C)c1)c1oc(F)cc1C. The Morgan fingerprint density at radius 1 is 1.40 bits per heavy atom. The van der Waals surface area contributed by atoms with Gasteiger partial charge in [0.15, 0.2) is 0 Å². The Kier molecular flexibility index (Phi) is 6.25. The molecule has 1 N–H and O–H groups in total. The first kappa shape index (κ1) is 19.5. The first-order valence-corrected chi connectivity index (χ1v) is 8.97. The highest BCUT2D eigenvalue weighted by Gasteiger charge is 2.15. The minimum atomic E-state index is -0.586. The van der Waals surface area contributed by atoms with Gasteiger partial charge in [0.05, 0.1) is 5.69 Å². The van der Waals surface area contributed by atoms with Gasteiger partial charge in [-0.2, -0.15) is 4.39 Å². The lowest BCUT2D eigenvalue weighted by molar-refractivity contribution is 0.353. The molecule has 2 rings (SSSR count). The summed E-state index contributed by atoms with van der Waals surface area (Å²) in [6, 6.07) is 4.70. The average molecular weight is 360 g/mol. The number of halogens is 1. The summed E-state index contributed by atoms with van der Waals surface area (Å²) in [5.41, 5.74) is 4.26. The number of rotatable bonds is 6. The molecule has 0 atom stereocenters. The second-order valence-corrected chi connectivity index (χ2v) is 8.76. The predicted octanol–water partition coefficient (Wildman–Crippen LogP) is 5.67. The van der Waals surface area contributed by atoms with Crippen molar-refractivity contribution in [1.82, 2.24) is 9.71 Å². The third-order valence-corrected chi connectivity index (χ3v) is 4.18. The first-order valence-electron chi connectivity index (χ1n) is 8.15. The molecule has 134 valence electrons. The zero-order chi connectivity index (χ0) is 18.6. The molecule has 0 aliphatic carbocycles. The highest BCUT2D eigenvalue weighted by molar-refractivity contribution is 7.98. The molecule has 0 saturated heterocycles. The number of aromatic nitrogens is 1. The average Bonchev–Trinajstić information content (AvgIpc) is 2.82. The Morgan fingerprint density at radius 2 is 2.12 bits per heavy atom. The van der Waals surface area contributed by atoms with Crippen molar-refractivity contribution in [2.75, 3.05) is 0 Å². The van der Waals surface area contributed by atoms with Crippen molar-refractivity contribution in [3.63, 3.8) is 0 Å². The molecule has 3 nitrogen and oxygen atoms in total. The van der Waals surface area contributed by atoms with E-state index in [0.29, 0.717) is 12.3 Å². The molecule has 2 heterocycles. The van der Waals surface area contributed by atoms with Crippen molar-refractivity contribution in [3.05, 3.63) is 71.2 Å². The smallest absolute Gasteiger partial charge is 0.278 e. The van der Waals surface area contributed by atoms with Crippen LogP contribution in [-0.4, -0.2) is 9.73 Å². The first-order chi connectivity index (χ1) is 11.7. The fourth-order valence-electron chi connectivity index (χ4n) is 2.31. The third-order valence-electron chi connectivity index (χ3n) is 3.28. The van der Waals surface area contributed by atoms with Crippen molar-refractivity contribution in [2.24, 2.45) is 0 Å². The molecule has 0 saturated carbocycles. The number of hydrogen-bond donors (Lipinski definition) is 1. The van der Waals surface area contributed by atoms with Crippen LogP contribution in [0.2, 0.25) is 0 Å². The minimum absolute atomic E-state index is 0.130. The van der Waals surface area contributed by atoms with Gasteiger partial charge in [-0.25, -0.2) is 0 Å². The normalized spacial score (nSPS) is 12.5. The van der Waals surface area contributed by atoms with E-state index >= 15 is 0 Å². The van der Waals surface area contributed by atoms with Gasteiger partial charge in [0.2, 0.25) is 0 Å². The second kappa shape index (κ2) is 8.02. The van der Waals surface area contributed by atoms with E-state index in [2.05, 4.69) is 37.1 Å². The number of furan rings is 1. The molecule has 0 amide bonds. The van der Waals surface area contributed by atoms with Crippen LogP contribution in [-0.2, 0) is 6.54 Å². The summed E-state index contributed by atoms with van der Waals surface area (Å²) in [6.07, 6.45) is 3.66. The third kappa shape index (κ3) is 5.87. The van der Waals surface area contributed by atoms with Gasteiger partial charge < -0.3 is 4.42 Å². The Hall–Kier alpha value is -1.85. The van der Waals surface area contributed by atoms with Crippen LogP contribution in [0.3, 0.4) is 0 Å². The summed E-state index contributed by atoms with van der Waals surface area (Å²) in [5.74, 6) is 0.523. The fraction of sp³-hybridized carbons (Fsp3) is 0.350. The summed E-state index contributed by atoms with van der Waals surface area (Å²) in [6.45, 7) is 14.8. The number of pyridine rings is 1. The lowest BCUT2D eigenvalue weighted by Gasteiger charge is -2.17. The summed E-state index contributed by atoms with van der Waals surface area (Å²) < 4.78 is 22.3. The van der Waals surface area contributed by atoms with Gasteiger partial charge in [0.1, 0.15) is 5.76 Å². The molecule has 0 radical (unpaired) electrons. The van der Waals surface area contributed by atoms with Crippen LogP contribution < -0.4 is 4.72 Å². The van der Waals surface area contributed by atoms with Crippen molar-refractivity contribution < 1.29 is 8.81 Å². The van der Waals surface area contributed by atoms with Gasteiger partial charge in [-0.1, -0.05) is 24.1 Å². The van der Waals surface area contributed by atoms with E-state index in [-0.39, 0.29) is 4.75 Å². The van der Waals surface area contributed by atoms with Crippen LogP contribution in [0.15, 0.2) is 47.0 Å². The molecule has 2 aromatic rings. The number of aryl methyl sites for hydroxylation is 1. The van der Waals surface area contributed by atoms with Crippen molar-refractivity contribution in [3.8, 4) is 0 Å². The molecule has 5 heteroatoms. The lowest BCUT2D eigenvalue weighted by Crippen LogP contribution is -2.17. The molecule has 0 spiro atoms. The van der Waals surface area contributed by atoms with Crippen molar-refractivity contribution in [2.45, 2.75) is 45.9 Å². The number of allylic oxidation sites excluding steroid dienone is 2. The van der Waals surface area contributed by atoms with Gasteiger partial charge >= 0.3 is 0 Å². The van der Waals surface area contributed by atoms with E-state index in [4.69, 9.17) is 4.42 Å². The summed E-state index contributed by atoms with van der Waals surface area (Å²) in [4.78, 5) is 4.41. The molecule has 2 aromatic heterocycles. The molecule has 0 aromatic carbocycles. The van der Waals surface area contributed by atoms with Crippen LogP contribution in [0.25, 0.3) is 5.57 Å². The molecule has 0 aliphatic rings. The highest BCUT2D eigenvalue weighted by Crippen LogP contribution is 2.29. The van der Waals surface area contributed by atoms with Crippen LogP contribution in [0, 0.1) is 12.9 Å². The second-order valence-electron chi connectivity index (χ2n) is 7.04. The van der Waals surface area contributed by atoms with E-state index < -0.39 is 6.01 Å². The number of hydrogen-bond acceptors (Lipinski definition) is 4. The van der Waals surface area contributed by atoms with Gasteiger partial charge in [0, 0.05) is 29.1 Å². The van der Waals surface area contributed by atoms with Crippen LogP contribution in [0.5, 0.6) is 0 Å². The highest BCUT2D eigenvalue weighted by atomic mass is 32.2. The molecule has 0 unspecified atom stereocenters. The van der Waals surface area contributed by atoms with Gasteiger partial charge in [-0.15, -0.1) is 0 Å². The Bertz CT molecular complexity index is 787. The molecule has 0 aliphatic heterocycles. The maximum absolute atomic E-state index is 13.5. The van der Waals surface area contributed by atoms with Crippen LogP contribution in [0.1, 0.15) is 50.3 Å². The maximum atomic E-state index is 13.5. The molecule has 25 heavy (non-hydrogen) atoms. The monoisotopic (exact) mass is 360 g/mol. The topological polar surface area (TPSA) is 38.1 Å². The Morgan fingerprint density at radius 3 is 2.68 bits per heavy atom. The van der Waals surface area contributed by atoms with Crippen molar-refractivity contribution >= 4 is 17.5 Å². The van der Waals surface area contributed by atoms with Crippen molar-refractivity contribution in [1.29, 1.82) is 0 Å². The van der Waals surface area contributed by atoms with E-state index in [1.54, 1.807) is 18.1 Å². The zero-order valence-electron chi connectivity index (χ0n) is 15.4. The molecular formula is C20H25FN2OS. The summed E-state index contributed by atoms with van der Waals surface area (Å²) in [7, 11) is 0. The minimum Gasteiger partial charge on any atom is -0.431 e. The predicted molar refractivity (Wildman–Crippen MR) is 104 cm³/mol. The number of nitrogens with zero attached hydrogens (tertiary/aromatic N) is 1. The van der Waals surface area contributed by atoms with E-state index in [9.17, 15) is 4.39 Å². The van der Waals surface area contributed by atoms with Gasteiger partial charge in [-0.05, 0) is 64.0 Å². The van der Waals surface area contributed by atoms with E-state index in [1.165, 1.54) is 6.07 Å². The largest absolute Gasteiger partial charge is 0.431 e. The Labute approximate surface area is 153 Å². The molecular weight excluding hydrogens is 335 g/mol. The van der Waals surface area contributed by atoms with Crippen LogP contribution in [0.4, 0.5) is 4.39 Å².